The van der Waals surface area contributed by atoms with Crippen LogP contribution in [0.25, 0.3) is 0 Å². The van der Waals surface area contributed by atoms with Gasteiger partial charge in [0, 0.05) is 11.9 Å². The molecule has 2 aromatic rings. The number of hydrogen-bond acceptors (Lipinski definition) is 5. The zero-order chi connectivity index (χ0) is 14.4. The largest absolute Gasteiger partial charge is 0.456 e. The summed E-state index contributed by atoms with van der Waals surface area (Å²) in [5.74, 6) is -0.406. The minimum Gasteiger partial charge on any atom is -0.456 e. The fraction of sp³-hybridized carbons (Fsp3) is 0.200. The zero-order valence-corrected chi connectivity index (χ0v) is 12.1. The maximum absolute atomic E-state index is 11.9. The van der Waals surface area contributed by atoms with Crippen LogP contribution >= 0.6 is 11.3 Å². The molecule has 20 heavy (non-hydrogen) atoms. The highest BCUT2D eigenvalue weighted by Crippen LogP contribution is 2.17. The first-order chi connectivity index (χ1) is 9.70. The third-order valence-electron chi connectivity index (χ3n) is 2.73. The molecule has 0 aliphatic heterocycles. The number of aryl methyl sites for hydroxylation is 1. The van der Waals surface area contributed by atoms with Gasteiger partial charge in [0.15, 0.2) is 10.8 Å². The standard InChI is InChI=1S/C15H16N2O2S/c1-3-8-16-15-17-13(10-20-15)14(18)19-9-12-7-5-4-6-11(12)2/h3-7,10H,1,8-9H2,2H3,(H,16,17). The van der Waals surface area contributed by atoms with Gasteiger partial charge in [-0.15, -0.1) is 17.9 Å². The van der Waals surface area contributed by atoms with E-state index >= 15 is 0 Å². The summed E-state index contributed by atoms with van der Waals surface area (Å²) < 4.78 is 5.27. The molecule has 1 heterocycles. The Morgan fingerprint density at radius 2 is 2.30 bits per heavy atom. The Bertz CT molecular complexity index is 607. The summed E-state index contributed by atoms with van der Waals surface area (Å²) in [6.07, 6.45) is 1.73. The van der Waals surface area contributed by atoms with Crippen molar-refractivity contribution < 1.29 is 9.53 Å². The highest BCUT2D eigenvalue weighted by molar-refractivity contribution is 7.13. The highest BCUT2D eigenvalue weighted by atomic mass is 32.1. The quantitative estimate of drug-likeness (QED) is 0.654. The Hall–Kier alpha value is -2.14. The molecule has 1 aromatic heterocycles. The molecule has 2 rings (SSSR count). The predicted molar refractivity (Wildman–Crippen MR) is 81.1 cm³/mol. The Balaban J connectivity index is 1.93. The van der Waals surface area contributed by atoms with Crippen LogP contribution in [0.2, 0.25) is 0 Å². The third-order valence-corrected chi connectivity index (χ3v) is 3.53. The molecule has 0 radical (unpaired) electrons. The lowest BCUT2D eigenvalue weighted by Crippen LogP contribution is -2.07. The summed E-state index contributed by atoms with van der Waals surface area (Å²) in [6.45, 7) is 6.48. The molecule has 0 fully saturated rings. The summed E-state index contributed by atoms with van der Waals surface area (Å²) in [7, 11) is 0. The lowest BCUT2D eigenvalue weighted by atomic mass is 10.1. The second kappa shape index (κ2) is 6.86. The van der Waals surface area contributed by atoms with Crippen molar-refractivity contribution in [3.8, 4) is 0 Å². The van der Waals surface area contributed by atoms with Crippen molar-refractivity contribution in [3.63, 3.8) is 0 Å². The molecule has 0 bridgehead atoms. The Labute approximate surface area is 122 Å². The fourth-order valence-electron chi connectivity index (χ4n) is 1.60. The van der Waals surface area contributed by atoms with Crippen LogP contribution in [0.5, 0.6) is 0 Å². The monoisotopic (exact) mass is 288 g/mol. The molecule has 0 saturated carbocycles. The Morgan fingerprint density at radius 3 is 3.05 bits per heavy atom. The molecular formula is C15H16N2O2S. The van der Waals surface area contributed by atoms with Crippen LogP contribution in [0.4, 0.5) is 5.13 Å². The first kappa shape index (κ1) is 14.3. The normalized spacial score (nSPS) is 10.1. The number of carbonyl (C=O) groups is 1. The van der Waals surface area contributed by atoms with Gasteiger partial charge < -0.3 is 10.1 Å². The van der Waals surface area contributed by atoms with Gasteiger partial charge in [0.2, 0.25) is 0 Å². The number of hydrogen-bond donors (Lipinski definition) is 1. The van der Waals surface area contributed by atoms with Crippen LogP contribution in [-0.2, 0) is 11.3 Å². The zero-order valence-electron chi connectivity index (χ0n) is 11.3. The van der Waals surface area contributed by atoms with Crippen LogP contribution in [0.15, 0.2) is 42.3 Å². The molecule has 0 aliphatic rings. The van der Waals surface area contributed by atoms with E-state index in [1.807, 2.05) is 31.2 Å². The maximum Gasteiger partial charge on any atom is 0.358 e. The molecule has 4 nitrogen and oxygen atoms in total. The number of rotatable bonds is 6. The molecule has 0 unspecified atom stereocenters. The van der Waals surface area contributed by atoms with E-state index in [0.717, 1.165) is 11.1 Å². The van der Waals surface area contributed by atoms with Crippen LogP contribution in [0.1, 0.15) is 21.6 Å². The number of benzene rings is 1. The van der Waals surface area contributed by atoms with E-state index in [1.54, 1.807) is 11.5 Å². The van der Waals surface area contributed by atoms with Gasteiger partial charge in [-0.2, -0.15) is 0 Å². The third kappa shape index (κ3) is 3.68. The molecule has 0 aliphatic carbocycles. The molecule has 104 valence electrons. The van der Waals surface area contributed by atoms with Gasteiger partial charge in [0.25, 0.3) is 0 Å². The van der Waals surface area contributed by atoms with E-state index in [2.05, 4.69) is 16.9 Å². The number of anilines is 1. The van der Waals surface area contributed by atoms with E-state index in [-0.39, 0.29) is 6.61 Å². The lowest BCUT2D eigenvalue weighted by Gasteiger charge is -2.05. The van der Waals surface area contributed by atoms with Crippen molar-refractivity contribution in [2.75, 3.05) is 11.9 Å². The topological polar surface area (TPSA) is 51.2 Å². The van der Waals surface area contributed by atoms with Gasteiger partial charge >= 0.3 is 5.97 Å². The van der Waals surface area contributed by atoms with E-state index < -0.39 is 5.97 Å². The first-order valence-corrected chi connectivity index (χ1v) is 7.10. The second-order valence-corrected chi connectivity index (χ2v) is 5.07. The smallest absolute Gasteiger partial charge is 0.358 e. The van der Waals surface area contributed by atoms with Crippen LogP contribution < -0.4 is 5.32 Å². The molecule has 5 heteroatoms. The van der Waals surface area contributed by atoms with Gasteiger partial charge in [-0.1, -0.05) is 30.3 Å². The first-order valence-electron chi connectivity index (χ1n) is 6.22. The number of ether oxygens (including phenoxy) is 1. The van der Waals surface area contributed by atoms with Crippen LogP contribution in [0.3, 0.4) is 0 Å². The summed E-state index contributed by atoms with van der Waals surface area (Å²) in [6, 6.07) is 7.82. The van der Waals surface area contributed by atoms with Gasteiger partial charge in [-0.25, -0.2) is 9.78 Å². The molecule has 0 saturated heterocycles. The van der Waals surface area contributed by atoms with Gasteiger partial charge in [-0.05, 0) is 18.1 Å². The van der Waals surface area contributed by atoms with Gasteiger partial charge in [0.05, 0.1) is 0 Å². The van der Waals surface area contributed by atoms with Crippen molar-refractivity contribution in [3.05, 3.63) is 59.1 Å². The Morgan fingerprint density at radius 1 is 1.50 bits per heavy atom. The molecule has 0 spiro atoms. The van der Waals surface area contributed by atoms with Crippen LogP contribution in [0, 0.1) is 6.92 Å². The summed E-state index contributed by atoms with van der Waals surface area (Å²) >= 11 is 1.37. The number of carbonyl (C=O) groups excluding carboxylic acids is 1. The SMILES string of the molecule is C=CCNc1nc(C(=O)OCc2ccccc2C)cs1. The lowest BCUT2D eigenvalue weighted by molar-refractivity contribution is 0.0466. The van der Waals surface area contributed by atoms with Crippen molar-refractivity contribution in [1.82, 2.24) is 4.98 Å². The molecule has 0 atom stereocenters. The minimum absolute atomic E-state index is 0.262. The summed E-state index contributed by atoms with van der Waals surface area (Å²) in [4.78, 5) is 16.1. The second-order valence-electron chi connectivity index (χ2n) is 4.21. The fourth-order valence-corrected chi connectivity index (χ4v) is 2.29. The minimum atomic E-state index is -0.406. The molecule has 1 aromatic carbocycles. The number of esters is 1. The van der Waals surface area contributed by atoms with Crippen molar-refractivity contribution in [2.45, 2.75) is 13.5 Å². The average molecular weight is 288 g/mol. The number of aromatic nitrogens is 1. The molecule has 0 amide bonds. The average Bonchev–Trinajstić information content (AvgIpc) is 2.93. The van der Waals surface area contributed by atoms with Crippen LogP contribution in [-0.4, -0.2) is 17.5 Å². The van der Waals surface area contributed by atoms with E-state index in [9.17, 15) is 4.79 Å². The number of thiazole rings is 1. The van der Waals surface area contributed by atoms with Crippen molar-refractivity contribution in [1.29, 1.82) is 0 Å². The highest BCUT2D eigenvalue weighted by Gasteiger charge is 2.12. The van der Waals surface area contributed by atoms with E-state index in [1.165, 1.54) is 11.3 Å². The summed E-state index contributed by atoms with van der Waals surface area (Å²) in [5, 5.41) is 5.41. The summed E-state index contributed by atoms with van der Waals surface area (Å²) in [5.41, 5.74) is 2.43. The molecular weight excluding hydrogens is 272 g/mol. The van der Waals surface area contributed by atoms with Gasteiger partial charge in [0.1, 0.15) is 6.61 Å². The van der Waals surface area contributed by atoms with E-state index in [4.69, 9.17) is 4.74 Å². The number of nitrogens with zero attached hydrogens (tertiary/aromatic N) is 1. The van der Waals surface area contributed by atoms with Crippen molar-refractivity contribution in [2.24, 2.45) is 0 Å². The maximum atomic E-state index is 11.9. The molecule has 1 N–H and O–H groups in total. The Kier molecular flexibility index (Phi) is 4.90. The van der Waals surface area contributed by atoms with Gasteiger partial charge in [-0.3, -0.25) is 0 Å². The number of nitrogens with one attached hydrogen (secondary N) is 1. The predicted octanol–water partition coefficient (Wildman–Crippen LogP) is 3.41. The van der Waals surface area contributed by atoms with Crippen molar-refractivity contribution >= 4 is 22.4 Å². The van der Waals surface area contributed by atoms with E-state index in [0.29, 0.717) is 17.4 Å².